The summed E-state index contributed by atoms with van der Waals surface area (Å²) in [6.07, 6.45) is 5.62. The number of benzene rings is 1. The first-order valence-electron chi connectivity index (χ1n) is 6.03. The van der Waals surface area contributed by atoms with E-state index in [4.69, 9.17) is 17.3 Å². The van der Waals surface area contributed by atoms with Gasteiger partial charge in [-0.25, -0.2) is 4.39 Å². The van der Waals surface area contributed by atoms with Crippen LogP contribution in [0.15, 0.2) is 12.1 Å². The SMILES string of the molecule is Cl.N[C@H](c1cc(Cl)cc(F)c1O)C1CCCCC1. The predicted octanol–water partition coefficient (Wildman–Crippen LogP) is 4.19. The fourth-order valence-corrected chi connectivity index (χ4v) is 2.80. The van der Waals surface area contributed by atoms with Crippen molar-refractivity contribution in [2.45, 2.75) is 38.1 Å². The Kier molecular flexibility index (Phi) is 5.70. The summed E-state index contributed by atoms with van der Waals surface area (Å²) in [6, 6.07) is 2.34. The molecule has 0 amide bonds. The number of nitrogens with two attached hydrogens (primary N) is 1. The molecule has 1 saturated carbocycles. The van der Waals surface area contributed by atoms with Gasteiger partial charge in [0.25, 0.3) is 0 Å². The van der Waals surface area contributed by atoms with Gasteiger partial charge in [0.05, 0.1) is 0 Å². The van der Waals surface area contributed by atoms with Crippen LogP contribution in [-0.2, 0) is 0 Å². The van der Waals surface area contributed by atoms with Crippen molar-refractivity contribution in [1.29, 1.82) is 0 Å². The summed E-state index contributed by atoms with van der Waals surface area (Å²) < 4.78 is 13.4. The number of rotatable bonds is 2. The van der Waals surface area contributed by atoms with E-state index in [2.05, 4.69) is 0 Å². The minimum Gasteiger partial charge on any atom is -0.505 e. The fraction of sp³-hybridized carbons (Fsp3) is 0.538. The zero-order chi connectivity index (χ0) is 12.4. The Morgan fingerprint density at radius 2 is 1.89 bits per heavy atom. The minimum absolute atomic E-state index is 0. The van der Waals surface area contributed by atoms with Gasteiger partial charge in [0.2, 0.25) is 0 Å². The molecule has 1 aliphatic carbocycles. The lowest BCUT2D eigenvalue weighted by Crippen LogP contribution is -2.23. The Balaban J connectivity index is 0.00000162. The number of phenols is 1. The van der Waals surface area contributed by atoms with Gasteiger partial charge >= 0.3 is 0 Å². The van der Waals surface area contributed by atoms with Gasteiger partial charge in [-0.1, -0.05) is 30.9 Å². The quantitative estimate of drug-likeness (QED) is 0.859. The summed E-state index contributed by atoms with van der Waals surface area (Å²) in [5.74, 6) is -0.737. The number of phenolic OH excluding ortho intramolecular Hbond substituents is 1. The van der Waals surface area contributed by atoms with Gasteiger partial charge in [0.15, 0.2) is 11.6 Å². The Morgan fingerprint density at radius 1 is 1.28 bits per heavy atom. The Morgan fingerprint density at radius 3 is 2.50 bits per heavy atom. The summed E-state index contributed by atoms with van der Waals surface area (Å²) in [6.45, 7) is 0. The lowest BCUT2D eigenvalue weighted by molar-refractivity contribution is 0.301. The molecular formula is C13H18Cl2FNO. The molecule has 0 radical (unpaired) electrons. The Labute approximate surface area is 118 Å². The largest absolute Gasteiger partial charge is 0.505 e. The molecule has 5 heteroatoms. The summed E-state index contributed by atoms with van der Waals surface area (Å²) in [7, 11) is 0. The van der Waals surface area contributed by atoms with Crippen molar-refractivity contribution in [3.63, 3.8) is 0 Å². The van der Waals surface area contributed by atoms with E-state index in [9.17, 15) is 9.50 Å². The van der Waals surface area contributed by atoms with Crippen molar-refractivity contribution < 1.29 is 9.50 Å². The van der Waals surface area contributed by atoms with E-state index in [1.54, 1.807) is 6.07 Å². The molecule has 2 rings (SSSR count). The molecule has 0 heterocycles. The predicted molar refractivity (Wildman–Crippen MR) is 73.8 cm³/mol. The molecule has 3 N–H and O–H groups in total. The van der Waals surface area contributed by atoms with Crippen molar-refractivity contribution in [2.24, 2.45) is 11.7 Å². The highest BCUT2D eigenvalue weighted by Gasteiger charge is 2.25. The smallest absolute Gasteiger partial charge is 0.166 e. The highest BCUT2D eigenvalue weighted by atomic mass is 35.5. The Bertz CT molecular complexity index is 408. The Hall–Kier alpha value is -0.510. The lowest BCUT2D eigenvalue weighted by atomic mass is 9.81. The molecule has 1 atom stereocenters. The van der Waals surface area contributed by atoms with Crippen LogP contribution in [0.4, 0.5) is 4.39 Å². The van der Waals surface area contributed by atoms with Crippen molar-refractivity contribution in [1.82, 2.24) is 0 Å². The highest BCUT2D eigenvalue weighted by Crippen LogP contribution is 2.38. The maximum atomic E-state index is 13.4. The molecule has 18 heavy (non-hydrogen) atoms. The highest BCUT2D eigenvalue weighted by molar-refractivity contribution is 6.30. The van der Waals surface area contributed by atoms with Crippen LogP contribution >= 0.6 is 24.0 Å². The normalized spacial score (nSPS) is 18.2. The lowest BCUT2D eigenvalue weighted by Gasteiger charge is -2.28. The molecule has 0 spiro atoms. The van der Waals surface area contributed by atoms with E-state index in [1.165, 1.54) is 6.42 Å². The molecule has 0 aromatic heterocycles. The zero-order valence-corrected chi connectivity index (χ0v) is 11.6. The summed E-state index contributed by atoms with van der Waals surface area (Å²) in [4.78, 5) is 0. The molecule has 0 bridgehead atoms. The van der Waals surface area contributed by atoms with Crippen LogP contribution in [0.1, 0.15) is 43.7 Å². The van der Waals surface area contributed by atoms with Crippen molar-refractivity contribution in [3.8, 4) is 5.75 Å². The van der Waals surface area contributed by atoms with E-state index in [0.29, 0.717) is 11.5 Å². The maximum Gasteiger partial charge on any atom is 0.166 e. The van der Waals surface area contributed by atoms with Crippen LogP contribution < -0.4 is 5.73 Å². The zero-order valence-electron chi connectivity index (χ0n) is 10.0. The van der Waals surface area contributed by atoms with Gasteiger partial charge in [-0.2, -0.15) is 0 Å². The molecule has 1 aliphatic rings. The van der Waals surface area contributed by atoms with Crippen LogP contribution in [0.25, 0.3) is 0 Å². The third-order valence-corrected chi connectivity index (χ3v) is 3.79. The molecule has 102 valence electrons. The standard InChI is InChI=1S/C13H17ClFNO.ClH/c14-9-6-10(13(17)11(15)7-9)12(16)8-4-2-1-3-5-8;/h6-8,12,17H,1-5,16H2;1H/t12-;/m0./s1. The fourth-order valence-electron chi connectivity index (χ4n) is 2.59. The minimum atomic E-state index is -0.696. The average molecular weight is 294 g/mol. The molecular weight excluding hydrogens is 276 g/mol. The van der Waals surface area contributed by atoms with Crippen molar-refractivity contribution >= 4 is 24.0 Å². The first-order chi connectivity index (χ1) is 8.09. The summed E-state index contributed by atoms with van der Waals surface area (Å²) >= 11 is 5.80. The van der Waals surface area contributed by atoms with Gasteiger partial charge < -0.3 is 10.8 Å². The second-order valence-corrected chi connectivity index (χ2v) is 5.19. The van der Waals surface area contributed by atoms with Gasteiger partial charge in [-0.3, -0.25) is 0 Å². The average Bonchev–Trinajstić information content (AvgIpc) is 2.34. The molecule has 1 fully saturated rings. The summed E-state index contributed by atoms with van der Waals surface area (Å²) in [5.41, 5.74) is 6.56. The van der Waals surface area contributed by atoms with Crippen LogP contribution in [0.5, 0.6) is 5.75 Å². The van der Waals surface area contributed by atoms with Crippen LogP contribution in [0.2, 0.25) is 5.02 Å². The number of hydrogen-bond acceptors (Lipinski definition) is 2. The van der Waals surface area contributed by atoms with Gasteiger partial charge in [-0.15, -0.1) is 12.4 Å². The number of hydrogen-bond donors (Lipinski definition) is 2. The molecule has 1 aromatic rings. The monoisotopic (exact) mass is 293 g/mol. The topological polar surface area (TPSA) is 46.2 Å². The third-order valence-electron chi connectivity index (χ3n) is 3.57. The first kappa shape index (κ1) is 15.5. The van der Waals surface area contributed by atoms with Crippen molar-refractivity contribution in [3.05, 3.63) is 28.5 Å². The van der Waals surface area contributed by atoms with Gasteiger partial charge in [-0.05, 0) is 30.9 Å². The number of aromatic hydroxyl groups is 1. The molecule has 0 saturated heterocycles. The van der Waals surface area contributed by atoms with Gasteiger partial charge in [0, 0.05) is 16.6 Å². The third kappa shape index (κ3) is 3.28. The second kappa shape index (κ2) is 6.60. The van der Waals surface area contributed by atoms with E-state index < -0.39 is 5.82 Å². The van der Waals surface area contributed by atoms with E-state index in [0.717, 1.165) is 31.7 Å². The van der Waals surface area contributed by atoms with Crippen LogP contribution in [0, 0.1) is 11.7 Å². The molecule has 0 aliphatic heterocycles. The first-order valence-corrected chi connectivity index (χ1v) is 6.41. The molecule has 0 unspecified atom stereocenters. The summed E-state index contributed by atoms with van der Waals surface area (Å²) in [5, 5.41) is 9.99. The van der Waals surface area contributed by atoms with E-state index >= 15 is 0 Å². The van der Waals surface area contributed by atoms with E-state index in [1.807, 2.05) is 0 Å². The van der Waals surface area contributed by atoms with Crippen LogP contribution in [0.3, 0.4) is 0 Å². The van der Waals surface area contributed by atoms with Crippen molar-refractivity contribution in [2.75, 3.05) is 0 Å². The van der Waals surface area contributed by atoms with Gasteiger partial charge in [0.1, 0.15) is 0 Å². The molecule has 2 nitrogen and oxygen atoms in total. The number of halogens is 3. The van der Waals surface area contributed by atoms with E-state index in [-0.39, 0.29) is 29.2 Å². The second-order valence-electron chi connectivity index (χ2n) is 4.75. The molecule has 1 aromatic carbocycles. The maximum absolute atomic E-state index is 13.4. The van der Waals surface area contributed by atoms with Crippen LogP contribution in [-0.4, -0.2) is 5.11 Å².